The van der Waals surface area contributed by atoms with Crippen molar-refractivity contribution < 1.29 is 33.0 Å². The normalized spacial score (nSPS) is 14.3. The lowest BCUT2D eigenvalue weighted by atomic mass is 9.74. The molecule has 1 saturated heterocycles. The molecule has 4 aromatic carbocycles. The molecule has 1 heterocycles. The Morgan fingerprint density at radius 3 is 1.76 bits per heavy atom. The van der Waals surface area contributed by atoms with Crippen molar-refractivity contribution in [2.24, 2.45) is 0 Å². The zero-order valence-corrected chi connectivity index (χ0v) is 22.3. The van der Waals surface area contributed by atoms with Gasteiger partial charge in [0.2, 0.25) is 0 Å². The van der Waals surface area contributed by atoms with E-state index in [4.69, 9.17) is 14.6 Å². The molecule has 210 valence electrons. The van der Waals surface area contributed by atoms with Crippen LogP contribution in [-0.4, -0.2) is 35.1 Å². The molecular weight excluding hydrogens is 530 g/mol. The number of nitrogens with one attached hydrogen (secondary N) is 1. The van der Waals surface area contributed by atoms with Gasteiger partial charge in [0, 0.05) is 37.0 Å². The maximum Gasteiger partial charge on any atom is 0.335 e. The van der Waals surface area contributed by atoms with Crippen LogP contribution < -0.4 is 14.8 Å². The third kappa shape index (κ3) is 6.81. The number of halogens is 2. The Labute approximate surface area is 236 Å². The van der Waals surface area contributed by atoms with Gasteiger partial charge in [-0.2, -0.15) is 0 Å². The van der Waals surface area contributed by atoms with E-state index in [0.29, 0.717) is 41.8 Å². The van der Waals surface area contributed by atoms with Crippen molar-refractivity contribution in [3.05, 3.63) is 114 Å². The third-order valence-corrected chi connectivity index (χ3v) is 7.21. The van der Waals surface area contributed by atoms with Crippen molar-refractivity contribution in [3.63, 3.8) is 0 Å². The molecule has 41 heavy (non-hydrogen) atoms. The Hall–Kier alpha value is -4.92. The number of carboxylic acids is 1. The van der Waals surface area contributed by atoms with E-state index in [0.717, 1.165) is 18.4 Å². The van der Waals surface area contributed by atoms with Crippen molar-refractivity contribution in [3.8, 4) is 23.0 Å². The highest BCUT2D eigenvalue weighted by atomic mass is 19.1. The lowest BCUT2D eigenvalue weighted by Gasteiger charge is -2.39. The predicted molar refractivity (Wildman–Crippen MR) is 150 cm³/mol. The molecule has 0 radical (unpaired) electrons. The molecule has 0 aromatic heterocycles. The Kier molecular flexibility index (Phi) is 7.87. The van der Waals surface area contributed by atoms with Crippen LogP contribution in [0.1, 0.15) is 35.7 Å². The minimum absolute atomic E-state index is 0.121. The molecule has 0 aliphatic carbocycles. The number of hydrogen-bond acceptors (Lipinski definition) is 4. The fraction of sp³-hybridized carbons (Fsp3) is 0.188. The largest absolute Gasteiger partial charge is 0.478 e. The number of carbonyl (C=O) groups is 2. The van der Waals surface area contributed by atoms with E-state index in [2.05, 4.69) is 12.2 Å². The van der Waals surface area contributed by atoms with Crippen LogP contribution in [-0.2, 0) is 5.41 Å². The van der Waals surface area contributed by atoms with Gasteiger partial charge in [0.15, 0.2) is 0 Å². The number of benzene rings is 4. The van der Waals surface area contributed by atoms with Gasteiger partial charge in [0.05, 0.1) is 5.56 Å². The lowest BCUT2D eigenvalue weighted by Crippen LogP contribution is -2.45. The Morgan fingerprint density at radius 2 is 1.24 bits per heavy atom. The molecule has 9 heteroatoms. The average molecular weight is 559 g/mol. The van der Waals surface area contributed by atoms with Gasteiger partial charge in [-0.05, 0) is 84.5 Å². The fourth-order valence-electron chi connectivity index (χ4n) is 4.75. The van der Waals surface area contributed by atoms with Gasteiger partial charge in [-0.3, -0.25) is 0 Å². The van der Waals surface area contributed by atoms with Crippen LogP contribution in [0.5, 0.6) is 23.0 Å². The van der Waals surface area contributed by atoms with E-state index in [1.54, 1.807) is 35.2 Å². The summed E-state index contributed by atoms with van der Waals surface area (Å²) in [7, 11) is 0. The highest BCUT2D eigenvalue weighted by Crippen LogP contribution is 2.36. The summed E-state index contributed by atoms with van der Waals surface area (Å²) in [5, 5.41) is 12.1. The number of ether oxygens (including phenoxy) is 2. The maximum atomic E-state index is 13.4. The first-order chi connectivity index (χ1) is 19.7. The second kappa shape index (κ2) is 11.7. The number of aromatic carboxylic acids is 1. The van der Waals surface area contributed by atoms with Gasteiger partial charge in [-0.25, -0.2) is 18.4 Å². The first kappa shape index (κ1) is 27.6. The molecule has 7 nitrogen and oxygen atoms in total. The number of anilines is 1. The first-order valence-corrected chi connectivity index (χ1v) is 13.1. The SMILES string of the molecule is CC1(c2ccc(F)cc2)CCN(C(=O)Nc2cc(Oc3ccc(F)cc3)cc(Oc3ccc(C(=O)O)cc3)c2)CC1. The van der Waals surface area contributed by atoms with Gasteiger partial charge in [-0.15, -0.1) is 0 Å². The number of hydrogen-bond donors (Lipinski definition) is 2. The second-order valence-corrected chi connectivity index (χ2v) is 10.2. The minimum atomic E-state index is -1.05. The van der Waals surface area contributed by atoms with Crippen molar-refractivity contribution in [1.82, 2.24) is 4.90 Å². The molecule has 1 fully saturated rings. The highest BCUT2D eigenvalue weighted by Gasteiger charge is 2.33. The standard InChI is InChI=1S/C32H28F2N2O5/c1-32(22-4-6-23(33)7-5-22)14-16-36(17-15-32)31(39)35-25-18-28(40-26-10-2-21(3-11-26)30(37)38)20-29(19-25)41-27-12-8-24(34)9-13-27/h2-13,18-20H,14-17H2,1H3,(H,35,39)(H,37,38). The van der Waals surface area contributed by atoms with Crippen LogP contribution in [0.4, 0.5) is 19.3 Å². The van der Waals surface area contributed by atoms with Gasteiger partial charge < -0.3 is 24.8 Å². The second-order valence-electron chi connectivity index (χ2n) is 10.2. The minimum Gasteiger partial charge on any atom is -0.478 e. The third-order valence-electron chi connectivity index (χ3n) is 7.21. The van der Waals surface area contributed by atoms with Crippen LogP contribution >= 0.6 is 0 Å². The summed E-state index contributed by atoms with van der Waals surface area (Å²) in [5.74, 6) is -0.263. The number of likely N-dealkylation sites (tertiary alicyclic amines) is 1. The lowest BCUT2D eigenvalue weighted by molar-refractivity contribution is 0.0696. The molecule has 0 saturated carbocycles. The number of rotatable bonds is 7. The first-order valence-electron chi connectivity index (χ1n) is 13.1. The summed E-state index contributed by atoms with van der Waals surface area (Å²) in [6.45, 7) is 3.16. The summed E-state index contributed by atoms with van der Waals surface area (Å²) in [6, 6.07) is 22.5. The number of nitrogens with zero attached hydrogens (tertiary/aromatic N) is 1. The van der Waals surface area contributed by atoms with Crippen LogP contribution in [0.2, 0.25) is 0 Å². The number of carboxylic acid groups (broad SMARTS) is 1. The van der Waals surface area contributed by atoms with Crippen LogP contribution in [0, 0.1) is 11.6 Å². The van der Waals surface area contributed by atoms with E-state index >= 15 is 0 Å². The van der Waals surface area contributed by atoms with E-state index in [-0.39, 0.29) is 22.8 Å². The summed E-state index contributed by atoms with van der Waals surface area (Å²) in [6.07, 6.45) is 1.45. The van der Waals surface area contributed by atoms with Gasteiger partial charge in [0.25, 0.3) is 0 Å². The summed E-state index contributed by atoms with van der Waals surface area (Å²) in [5.41, 5.74) is 1.42. The quantitative estimate of drug-likeness (QED) is 0.241. The van der Waals surface area contributed by atoms with E-state index in [1.165, 1.54) is 60.7 Å². The monoisotopic (exact) mass is 558 g/mol. The van der Waals surface area contributed by atoms with E-state index in [9.17, 15) is 18.4 Å². The van der Waals surface area contributed by atoms with Gasteiger partial charge >= 0.3 is 12.0 Å². The number of urea groups is 1. The molecule has 1 aliphatic heterocycles. The molecular formula is C32H28F2N2O5. The topological polar surface area (TPSA) is 88.1 Å². The highest BCUT2D eigenvalue weighted by molar-refractivity contribution is 5.90. The molecule has 1 aliphatic rings. The van der Waals surface area contributed by atoms with E-state index < -0.39 is 11.8 Å². The molecule has 0 bridgehead atoms. The molecule has 4 aromatic rings. The smallest absolute Gasteiger partial charge is 0.335 e. The maximum absolute atomic E-state index is 13.4. The average Bonchev–Trinajstić information content (AvgIpc) is 2.95. The predicted octanol–water partition coefficient (Wildman–Crippen LogP) is 7.83. The van der Waals surface area contributed by atoms with Crippen molar-refractivity contribution in [2.75, 3.05) is 18.4 Å². The number of amides is 2. The van der Waals surface area contributed by atoms with Crippen molar-refractivity contribution >= 4 is 17.7 Å². The van der Waals surface area contributed by atoms with Gasteiger partial charge in [0.1, 0.15) is 34.6 Å². The number of piperidine rings is 1. The summed E-state index contributed by atoms with van der Waals surface area (Å²) in [4.78, 5) is 26.1. The Bertz CT molecular complexity index is 1530. The summed E-state index contributed by atoms with van der Waals surface area (Å²) >= 11 is 0. The fourth-order valence-corrected chi connectivity index (χ4v) is 4.75. The molecule has 5 rings (SSSR count). The summed E-state index contributed by atoms with van der Waals surface area (Å²) < 4.78 is 38.6. The van der Waals surface area contributed by atoms with Crippen LogP contribution in [0.3, 0.4) is 0 Å². The van der Waals surface area contributed by atoms with Crippen LogP contribution in [0.25, 0.3) is 0 Å². The zero-order chi connectivity index (χ0) is 29.0. The van der Waals surface area contributed by atoms with Crippen molar-refractivity contribution in [1.29, 1.82) is 0 Å². The zero-order valence-electron chi connectivity index (χ0n) is 22.3. The van der Waals surface area contributed by atoms with E-state index in [1.807, 2.05) is 0 Å². The molecule has 0 atom stereocenters. The Morgan fingerprint density at radius 1 is 0.756 bits per heavy atom. The Balaban J connectivity index is 1.32. The molecule has 2 amide bonds. The molecule has 2 N–H and O–H groups in total. The van der Waals surface area contributed by atoms with Crippen LogP contribution in [0.15, 0.2) is 91.0 Å². The number of carbonyl (C=O) groups excluding carboxylic acids is 1. The molecule has 0 spiro atoms. The molecule has 0 unspecified atom stereocenters. The van der Waals surface area contributed by atoms with Gasteiger partial charge in [-0.1, -0.05) is 19.1 Å². The van der Waals surface area contributed by atoms with Crippen molar-refractivity contribution in [2.45, 2.75) is 25.2 Å².